The van der Waals surface area contributed by atoms with E-state index >= 15 is 0 Å². The fourth-order valence-electron chi connectivity index (χ4n) is 3.06. The summed E-state index contributed by atoms with van der Waals surface area (Å²) in [6.07, 6.45) is 0. The van der Waals surface area contributed by atoms with Crippen LogP contribution < -0.4 is 5.32 Å². The summed E-state index contributed by atoms with van der Waals surface area (Å²) in [5.41, 5.74) is 6.09. The largest absolute Gasteiger partial charge is 0.381 e. The van der Waals surface area contributed by atoms with E-state index in [1.165, 1.54) is 5.56 Å². The van der Waals surface area contributed by atoms with Crippen molar-refractivity contribution in [2.75, 3.05) is 5.32 Å². The standard InChI is InChI=1S/C22H19ClN2OS/c1-14-8-10-16(11-9-14)24-13-17-21(20-15(2)5-3-6-18(20)23)25-26-22(17)19-7-4-12-27-19/h3-12,24H,13H2,1-2H3. The average molecular weight is 395 g/mol. The molecule has 27 heavy (non-hydrogen) atoms. The fourth-order valence-corrected chi connectivity index (χ4v) is 4.10. The number of benzene rings is 2. The van der Waals surface area contributed by atoms with Gasteiger partial charge in [-0.05, 0) is 49.1 Å². The van der Waals surface area contributed by atoms with Gasteiger partial charge in [0.25, 0.3) is 0 Å². The highest BCUT2D eigenvalue weighted by Crippen LogP contribution is 2.39. The van der Waals surface area contributed by atoms with Gasteiger partial charge in [0.1, 0.15) is 5.69 Å². The Balaban J connectivity index is 1.77. The van der Waals surface area contributed by atoms with Crippen LogP contribution in [0.1, 0.15) is 16.7 Å². The number of thiophene rings is 1. The van der Waals surface area contributed by atoms with E-state index in [2.05, 4.69) is 41.7 Å². The number of nitrogens with one attached hydrogen (secondary N) is 1. The van der Waals surface area contributed by atoms with E-state index in [1.807, 2.05) is 42.6 Å². The molecule has 0 spiro atoms. The second-order valence-electron chi connectivity index (χ2n) is 6.47. The van der Waals surface area contributed by atoms with E-state index in [-0.39, 0.29) is 0 Å². The van der Waals surface area contributed by atoms with Gasteiger partial charge in [-0.1, -0.05) is 52.7 Å². The van der Waals surface area contributed by atoms with E-state index in [0.29, 0.717) is 11.6 Å². The number of aryl methyl sites for hydroxylation is 2. The van der Waals surface area contributed by atoms with Crippen LogP contribution in [-0.2, 0) is 6.54 Å². The lowest BCUT2D eigenvalue weighted by atomic mass is 10.0. The molecule has 0 atom stereocenters. The van der Waals surface area contributed by atoms with Gasteiger partial charge in [0.15, 0.2) is 5.76 Å². The van der Waals surface area contributed by atoms with Crippen LogP contribution in [0.15, 0.2) is 64.5 Å². The number of aromatic nitrogens is 1. The molecule has 0 bridgehead atoms. The van der Waals surface area contributed by atoms with Crippen molar-refractivity contribution < 1.29 is 4.52 Å². The summed E-state index contributed by atoms with van der Waals surface area (Å²) in [6.45, 7) is 4.72. The quantitative estimate of drug-likeness (QED) is 0.398. The van der Waals surface area contributed by atoms with Crippen molar-refractivity contribution in [3.63, 3.8) is 0 Å². The van der Waals surface area contributed by atoms with Crippen LogP contribution in [-0.4, -0.2) is 5.16 Å². The molecule has 2 aromatic carbocycles. The maximum Gasteiger partial charge on any atom is 0.182 e. The third kappa shape index (κ3) is 3.64. The molecule has 1 N–H and O–H groups in total. The van der Waals surface area contributed by atoms with E-state index in [4.69, 9.17) is 16.1 Å². The van der Waals surface area contributed by atoms with Gasteiger partial charge in [-0.15, -0.1) is 11.3 Å². The lowest BCUT2D eigenvalue weighted by Gasteiger charge is -2.10. The zero-order valence-electron chi connectivity index (χ0n) is 15.1. The number of anilines is 1. The zero-order valence-corrected chi connectivity index (χ0v) is 16.7. The number of nitrogens with zero attached hydrogens (tertiary/aromatic N) is 1. The Morgan fingerprint density at radius 2 is 1.85 bits per heavy atom. The molecule has 0 saturated carbocycles. The van der Waals surface area contributed by atoms with Crippen LogP contribution in [0.2, 0.25) is 5.02 Å². The SMILES string of the molecule is Cc1ccc(NCc2c(-c3c(C)cccc3Cl)noc2-c2cccs2)cc1. The minimum absolute atomic E-state index is 0.597. The third-order valence-electron chi connectivity index (χ3n) is 4.51. The molecule has 4 aromatic rings. The van der Waals surface area contributed by atoms with Gasteiger partial charge in [0.05, 0.1) is 9.90 Å². The van der Waals surface area contributed by atoms with Crippen molar-refractivity contribution in [1.29, 1.82) is 0 Å². The molecule has 0 saturated heterocycles. The van der Waals surface area contributed by atoms with E-state index in [9.17, 15) is 0 Å². The highest BCUT2D eigenvalue weighted by atomic mass is 35.5. The van der Waals surface area contributed by atoms with Crippen molar-refractivity contribution in [3.8, 4) is 21.9 Å². The minimum atomic E-state index is 0.597. The summed E-state index contributed by atoms with van der Waals surface area (Å²) in [7, 11) is 0. The highest BCUT2D eigenvalue weighted by molar-refractivity contribution is 7.13. The highest BCUT2D eigenvalue weighted by Gasteiger charge is 2.22. The molecule has 4 rings (SSSR count). The van der Waals surface area contributed by atoms with Crippen molar-refractivity contribution in [2.24, 2.45) is 0 Å². The third-order valence-corrected chi connectivity index (χ3v) is 5.70. The molecule has 0 unspecified atom stereocenters. The van der Waals surface area contributed by atoms with Crippen molar-refractivity contribution in [2.45, 2.75) is 20.4 Å². The first-order chi connectivity index (χ1) is 13.1. The molecule has 2 heterocycles. The molecule has 0 aliphatic rings. The number of rotatable bonds is 5. The maximum absolute atomic E-state index is 6.51. The Hall–Kier alpha value is -2.56. The molecule has 0 aliphatic heterocycles. The first kappa shape index (κ1) is 17.8. The summed E-state index contributed by atoms with van der Waals surface area (Å²) in [6, 6.07) is 18.3. The van der Waals surface area contributed by atoms with E-state index in [0.717, 1.165) is 38.7 Å². The summed E-state index contributed by atoms with van der Waals surface area (Å²) >= 11 is 8.14. The molecule has 136 valence electrons. The molecule has 3 nitrogen and oxygen atoms in total. The predicted molar refractivity (Wildman–Crippen MR) is 114 cm³/mol. The first-order valence-electron chi connectivity index (χ1n) is 8.72. The smallest absolute Gasteiger partial charge is 0.182 e. The van der Waals surface area contributed by atoms with Crippen molar-refractivity contribution >= 4 is 28.6 Å². The van der Waals surface area contributed by atoms with Gasteiger partial charge in [-0.25, -0.2) is 0 Å². The molecule has 0 aliphatic carbocycles. The Kier molecular flexibility index (Phi) is 5.01. The predicted octanol–water partition coefficient (Wildman–Crippen LogP) is 6.95. The average Bonchev–Trinajstić information content (AvgIpc) is 3.31. The summed E-state index contributed by atoms with van der Waals surface area (Å²) < 4.78 is 5.77. The number of halogens is 1. The molecule has 2 aromatic heterocycles. The van der Waals surface area contributed by atoms with Crippen molar-refractivity contribution in [3.05, 3.63) is 81.7 Å². The second-order valence-corrected chi connectivity index (χ2v) is 7.82. The lowest BCUT2D eigenvalue weighted by Crippen LogP contribution is -2.02. The van der Waals surface area contributed by atoms with Gasteiger partial charge < -0.3 is 9.84 Å². The normalized spacial score (nSPS) is 10.9. The number of hydrogen-bond acceptors (Lipinski definition) is 4. The monoisotopic (exact) mass is 394 g/mol. The summed E-state index contributed by atoms with van der Waals surface area (Å²) in [4.78, 5) is 1.05. The van der Waals surface area contributed by atoms with Gasteiger partial charge >= 0.3 is 0 Å². The molecule has 0 amide bonds. The van der Waals surface area contributed by atoms with Gasteiger partial charge in [-0.2, -0.15) is 0 Å². The summed E-state index contributed by atoms with van der Waals surface area (Å²) in [5.74, 6) is 0.791. The van der Waals surface area contributed by atoms with Crippen LogP contribution >= 0.6 is 22.9 Å². The van der Waals surface area contributed by atoms with Gasteiger partial charge in [0.2, 0.25) is 0 Å². The zero-order chi connectivity index (χ0) is 18.8. The van der Waals surface area contributed by atoms with Crippen LogP contribution in [0.4, 0.5) is 5.69 Å². The van der Waals surface area contributed by atoms with Crippen LogP contribution in [0, 0.1) is 13.8 Å². The molecular formula is C22H19ClN2OS. The molecule has 0 radical (unpaired) electrons. The lowest BCUT2D eigenvalue weighted by molar-refractivity contribution is 0.435. The fraction of sp³-hybridized carbons (Fsp3) is 0.136. The maximum atomic E-state index is 6.51. The van der Waals surface area contributed by atoms with E-state index < -0.39 is 0 Å². The van der Waals surface area contributed by atoms with Gasteiger partial charge in [0, 0.05) is 23.4 Å². The first-order valence-corrected chi connectivity index (χ1v) is 9.97. The van der Waals surface area contributed by atoms with Gasteiger partial charge in [-0.3, -0.25) is 0 Å². The Morgan fingerprint density at radius 3 is 2.56 bits per heavy atom. The summed E-state index contributed by atoms with van der Waals surface area (Å²) in [5, 5.41) is 10.6. The Morgan fingerprint density at radius 1 is 1.04 bits per heavy atom. The Bertz CT molecular complexity index is 1030. The topological polar surface area (TPSA) is 38.1 Å². The number of hydrogen-bond donors (Lipinski definition) is 1. The van der Waals surface area contributed by atoms with Crippen LogP contribution in [0.3, 0.4) is 0 Å². The van der Waals surface area contributed by atoms with Crippen LogP contribution in [0.5, 0.6) is 0 Å². The Labute approximate surface area is 167 Å². The molecule has 5 heteroatoms. The second kappa shape index (κ2) is 7.59. The van der Waals surface area contributed by atoms with Crippen LogP contribution in [0.25, 0.3) is 21.9 Å². The van der Waals surface area contributed by atoms with Crippen molar-refractivity contribution in [1.82, 2.24) is 5.16 Å². The van der Waals surface area contributed by atoms with E-state index in [1.54, 1.807) is 11.3 Å². The minimum Gasteiger partial charge on any atom is -0.381 e. The molecule has 0 fully saturated rings. The molecular weight excluding hydrogens is 376 g/mol.